The SMILES string of the molecule is CC(C)(C)[C@H](NC(=O)OCC1CCCC1)C(=O)N1C[C@H](Oc2nc3ccccc3nc2-c2cccs2)CC1C(=O)N[C@]1(C(=O)NS(=O)(=O)C2CC2)C[C@H]1C(F)F. The van der Waals surface area contributed by atoms with Crippen molar-refractivity contribution < 1.29 is 45.9 Å². The van der Waals surface area contributed by atoms with Gasteiger partial charge in [0.15, 0.2) is 0 Å². The van der Waals surface area contributed by atoms with E-state index in [1.165, 1.54) is 16.2 Å². The Hall–Kier alpha value is -4.45. The lowest BCUT2D eigenvalue weighted by Gasteiger charge is -2.35. The minimum absolute atomic E-state index is 0.145. The molecule has 3 aromatic rings. The fraction of sp³-hybridized carbons (Fsp3) is 0.579. The highest BCUT2D eigenvalue weighted by molar-refractivity contribution is 7.91. The molecule has 1 unspecified atom stereocenters. The van der Waals surface area contributed by atoms with E-state index in [-0.39, 0.29) is 31.4 Å². The first-order valence-corrected chi connectivity index (χ1v) is 21.4. The summed E-state index contributed by atoms with van der Waals surface area (Å²) in [5.74, 6) is -4.15. The number of ether oxygens (including phenoxy) is 2. The van der Waals surface area contributed by atoms with Crippen LogP contribution in [0.2, 0.25) is 0 Å². The molecule has 3 saturated carbocycles. The molecule has 5 atom stereocenters. The van der Waals surface area contributed by atoms with Crippen molar-refractivity contribution in [3.8, 4) is 16.5 Å². The Morgan fingerprint density at radius 2 is 1.71 bits per heavy atom. The van der Waals surface area contributed by atoms with E-state index in [2.05, 4.69) is 10.6 Å². The van der Waals surface area contributed by atoms with Gasteiger partial charge in [-0.1, -0.05) is 51.8 Å². The Balaban J connectivity index is 1.18. The van der Waals surface area contributed by atoms with Crippen molar-refractivity contribution in [2.75, 3.05) is 13.2 Å². The van der Waals surface area contributed by atoms with Crippen LogP contribution in [0.3, 0.4) is 0 Å². The number of aromatic nitrogens is 2. The van der Waals surface area contributed by atoms with Crippen molar-refractivity contribution in [3.63, 3.8) is 0 Å². The highest BCUT2D eigenvalue weighted by Crippen LogP contribution is 2.48. The molecule has 302 valence electrons. The van der Waals surface area contributed by atoms with Gasteiger partial charge in [0.05, 0.1) is 40.2 Å². The standard InChI is InChI=1S/C38H46F2N6O8S2/c1-37(2,3)30(43-36(50)53-20-21-9-4-5-10-21)34(48)46-19-22(54-33-29(28-13-8-16-55-28)41-25-11-6-7-12-26(25)42-33)17-27(46)32(47)44-38(18-24(38)31(39)40)35(49)45-56(51,52)23-14-15-23/h6-8,11-13,16,21-24,27,30-31H,4-5,9-10,14-15,17-20H2,1-3H3,(H,43,50)(H,44,47)(H,45,49)/t22-,24+,27?,30-,38-/m1/s1. The van der Waals surface area contributed by atoms with E-state index >= 15 is 0 Å². The van der Waals surface area contributed by atoms with Gasteiger partial charge in [-0.05, 0) is 67.0 Å². The van der Waals surface area contributed by atoms with E-state index < -0.39 is 87.0 Å². The molecule has 14 nitrogen and oxygen atoms in total. The van der Waals surface area contributed by atoms with Gasteiger partial charge in [0.2, 0.25) is 34.1 Å². The van der Waals surface area contributed by atoms with Crippen LogP contribution in [0.5, 0.6) is 5.88 Å². The maximum Gasteiger partial charge on any atom is 0.407 e. The number of carbonyl (C=O) groups is 4. The van der Waals surface area contributed by atoms with Crippen molar-refractivity contribution >= 4 is 56.2 Å². The van der Waals surface area contributed by atoms with Gasteiger partial charge in [-0.15, -0.1) is 11.3 Å². The van der Waals surface area contributed by atoms with Crippen LogP contribution in [-0.2, 0) is 29.1 Å². The number of halogens is 2. The van der Waals surface area contributed by atoms with Crippen LogP contribution in [0, 0.1) is 17.3 Å². The third-order valence-electron chi connectivity index (χ3n) is 11.0. The maximum atomic E-state index is 14.6. The number of hydrogen-bond donors (Lipinski definition) is 3. The Bertz CT molecular complexity index is 2090. The molecule has 1 aliphatic heterocycles. The lowest BCUT2D eigenvalue weighted by Crippen LogP contribution is -2.60. The number of hydrogen-bond acceptors (Lipinski definition) is 11. The van der Waals surface area contributed by atoms with Gasteiger partial charge >= 0.3 is 6.09 Å². The molecule has 7 rings (SSSR count). The van der Waals surface area contributed by atoms with Crippen LogP contribution in [0.15, 0.2) is 41.8 Å². The number of nitrogens with zero attached hydrogens (tertiary/aromatic N) is 3. The molecule has 0 bridgehead atoms. The number of para-hydroxylation sites is 2. The highest BCUT2D eigenvalue weighted by atomic mass is 32.2. The molecule has 56 heavy (non-hydrogen) atoms. The van der Waals surface area contributed by atoms with Gasteiger partial charge in [-0.3, -0.25) is 19.1 Å². The molecule has 4 fully saturated rings. The van der Waals surface area contributed by atoms with E-state index in [0.29, 0.717) is 29.6 Å². The number of alkyl halides is 2. The fourth-order valence-electron chi connectivity index (χ4n) is 7.56. The maximum absolute atomic E-state index is 14.6. The van der Waals surface area contributed by atoms with Crippen LogP contribution in [-0.4, -0.2) is 95.7 Å². The molecule has 2 aromatic heterocycles. The zero-order chi connectivity index (χ0) is 40.0. The van der Waals surface area contributed by atoms with Gasteiger partial charge in [-0.2, -0.15) is 0 Å². The molecule has 0 spiro atoms. The minimum Gasteiger partial charge on any atom is -0.471 e. The number of fused-ring (bicyclic) bond motifs is 1. The summed E-state index contributed by atoms with van der Waals surface area (Å²) in [5, 5.41) is 6.19. The van der Waals surface area contributed by atoms with E-state index in [1.54, 1.807) is 32.9 Å². The number of alkyl carbamates (subject to hydrolysis) is 1. The average Bonchev–Trinajstić information content (AvgIpc) is 3.91. The van der Waals surface area contributed by atoms with Crippen molar-refractivity contribution in [2.45, 2.75) is 108 Å². The van der Waals surface area contributed by atoms with Gasteiger partial charge in [0.25, 0.3) is 5.91 Å². The van der Waals surface area contributed by atoms with Gasteiger partial charge in [0.1, 0.15) is 29.4 Å². The summed E-state index contributed by atoms with van der Waals surface area (Å²) in [4.78, 5) is 66.9. The molecule has 4 aliphatic rings. The number of carbonyl (C=O) groups excluding carboxylic acids is 4. The lowest BCUT2D eigenvalue weighted by atomic mass is 9.85. The molecule has 1 aromatic carbocycles. The summed E-state index contributed by atoms with van der Waals surface area (Å²) in [6, 6.07) is 8.32. The zero-order valence-electron chi connectivity index (χ0n) is 31.3. The van der Waals surface area contributed by atoms with Crippen molar-refractivity contribution in [1.82, 2.24) is 30.2 Å². The van der Waals surface area contributed by atoms with Crippen LogP contribution in [0.25, 0.3) is 21.6 Å². The molecule has 0 radical (unpaired) electrons. The number of amides is 4. The summed E-state index contributed by atoms with van der Waals surface area (Å²) in [7, 11) is -4.13. The van der Waals surface area contributed by atoms with Crippen molar-refractivity contribution in [2.24, 2.45) is 17.3 Å². The third-order valence-corrected chi connectivity index (χ3v) is 13.7. The summed E-state index contributed by atoms with van der Waals surface area (Å²) >= 11 is 1.41. The fourth-order valence-corrected chi connectivity index (χ4v) is 9.63. The topological polar surface area (TPSA) is 186 Å². The Morgan fingerprint density at radius 3 is 2.32 bits per heavy atom. The Kier molecular flexibility index (Phi) is 11.0. The van der Waals surface area contributed by atoms with Crippen LogP contribution in [0.4, 0.5) is 13.6 Å². The second kappa shape index (κ2) is 15.5. The lowest BCUT2D eigenvalue weighted by molar-refractivity contribution is -0.143. The molecular weight excluding hydrogens is 771 g/mol. The number of nitrogens with one attached hydrogen (secondary N) is 3. The highest BCUT2D eigenvalue weighted by Gasteiger charge is 2.67. The molecular formula is C38H46F2N6O8S2. The van der Waals surface area contributed by atoms with Gasteiger partial charge < -0.3 is 25.0 Å². The zero-order valence-corrected chi connectivity index (χ0v) is 33.0. The third kappa shape index (κ3) is 8.45. The molecule has 1 saturated heterocycles. The smallest absolute Gasteiger partial charge is 0.407 e. The monoisotopic (exact) mass is 816 g/mol. The second-order valence-corrected chi connectivity index (χ2v) is 19.2. The largest absolute Gasteiger partial charge is 0.471 e. The van der Waals surface area contributed by atoms with E-state index in [4.69, 9.17) is 19.4 Å². The molecule has 3 N–H and O–H groups in total. The molecule has 4 amide bonds. The number of rotatable bonds is 13. The number of thiophene rings is 1. The van der Waals surface area contributed by atoms with E-state index in [0.717, 1.165) is 30.6 Å². The van der Waals surface area contributed by atoms with Crippen LogP contribution in [0.1, 0.15) is 72.1 Å². The normalized spacial score (nSPS) is 24.5. The van der Waals surface area contributed by atoms with E-state index in [9.17, 15) is 36.4 Å². The quantitative estimate of drug-likeness (QED) is 0.217. The van der Waals surface area contributed by atoms with E-state index in [1.807, 2.05) is 34.4 Å². The number of sulfonamides is 1. The molecule has 3 heterocycles. The Labute approximate surface area is 327 Å². The predicted molar refractivity (Wildman–Crippen MR) is 202 cm³/mol. The summed E-state index contributed by atoms with van der Waals surface area (Å²) in [6.07, 6.45) is -0.747. The molecule has 3 aliphatic carbocycles. The van der Waals surface area contributed by atoms with Crippen molar-refractivity contribution in [1.29, 1.82) is 0 Å². The number of benzene rings is 1. The predicted octanol–water partition coefficient (Wildman–Crippen LogP) is 4.79. The van der Waals surface area contributed by atoms with Gasteiger partial charge in [-0.25, -0.2) is 32.0 Å². The van der Waals surface area contributed by atoms with Crippen LogP contribution >= 0.6 is 11.3 Å². The average molecular weight is 817 g/mol. The first-order chi connectivity index (χ1) is 26.6. The van der Waals surface area contributed by atoms with Gasteiger partial charge in [0, 0.05) is 6.42 Å². The Morgan fingerprint density at radius 1 is 1.02 bits per heavy atom. The summed E-state index contributed by atoms with van der Waals surface area (Å²) < 4.78 is 67.6. The minimum atomic E-state index is -4.13. The van der Waals surface area contributed by atoms with Crippen LogP contribution < -0.4 is 20.1 Å². The first kappa shape index (κ1) is 39.8. The first-order valence-electron chi connectivity index (χ1n) is 18.9. The summed E-state index contributed by atoms with van der Waals surface area (Å²) in [5.41, 5.74) is -1.52. The number of likely N-dealkylation sites (tertiary alicyclic amines) is 1. The van der Waals surface area contributed by atoms with Crippen molar-refractivity contribution in [3.05, 3.63) is 41.8 Å². The summed E-state index contributed by atoms with van der Waals surface area (Å²) in [6.45, 7) is 5.23. The molecule has 18 heteroatoms. The second-order valence-electron chi connectivity index (χ2n) is 16.3.